The van der Waals surface area contributed by atoms with Crippen molar-refractivity contribution in [2.45, 2.75) is 116 Å². The quantitative estimate of drug-likeness (QED) is 0.332. The standard InChI is InChI=1S/C21H40O3/c1-2-3-4-5-6-7-8-9-13-16-21(22)24-20-15-12-10-11-14-18-23-19-17-20/h20H,2-19H2,1H3. The van der Waals surface area contributed by atoms with Crippen LogP contribution in [0.3, 0.4) is 0 Å². The fourth-order valence-electron chi connectivity index (χ4n) is 3.33. The van der Waals surface area contributed by atoms with Gasteiger partial charge in [-0.25, -0.2) is 0 Å². The van der Waals surface area contributed by atoms with Crippen molar-refractivity contribution in [3.8, 4) is 0 Å². The van der Waals surface area contributed by atoms with Gasteiger partial charge in [0.05, 0.1) is 6.61 Å². The van der Waals surface area contributed by atoms with Crippen LogP contribution in [0.1, 0.15) is 110 Å². The fourth-order valence-corrected chi connectivity index (χ4v) is 3.33. The molecule has 0 aromatic rings. The molecule has 1 heterocycles. The van der Waals surface area contributed by atoms with E-state index in [1.165, 1.54) is 70.6 Å². The van der Waals surface area contributed by atoms with Crippen molar-refractivity contribution in [3.63, 3.8) is 0 Å². The van der Waals surface area contributed by atoms with Crippen LogP contribution in [0, 0.1) is 0 Å². The van der Waals surface area contributed by atoms with E-state index in [4.69, 9.17) is 9.47 Å². The molecular weight excluding hydrogens is 300 g/mol. The van der Waals surface area contributed by atoms with E-state index >= 15 is 0 Å². The van der Waals surface area contributed by atoms with Crippen molar-refractivity contribution in [1.82, 2.24) is 0 Å². The molecule has 0 bridgehead atoms. The van der Waals surface area contributed by atoms with E-state index < -0.39 is 0 Å². The summed E-state index contributed by atoms with van der Waals surface area (Å²) in [7, 11) is 0. The molecule has 1 aliphatic heterocycles. The Morgan fingerprint density at radius 3 is 2.25 bits per heavy atom. The Kier molecular flexibility index (Phi) is 14.3. The highest BCUT2D eigenvalue weighted by atomic mass is 16.5. The smallest absolute Gasteiger partial charge is 0.306 e. The molecular formula is C21H40O3. The van der Waals surface area contributed by atoms with E-state index in [-0.39, 0.29) is 12.1 Å². The van der Waals surface area contributed by atoms with Gasteiger partial charge in [-0.3, -0.25) is 4.79 Å². The SMILES string of the molecule is CCCCCCCCCCCC(=O)OC1CCCCCCOCC1. The Labute approximate surface area is 149 Å². The van der Waals surface area contributed by atoms with E-state index in [0.29, 0.717) is 6.42 Å². The molecule has 1 fully saturated rings. The maximum Gasteiger partial charge on any atom is 0.306 e. The van der Waals surface area contributed by atoms with Crippen LogP contribution in [0.15, 0.2) is 0 Å². The Balaban J connectivity index is 1.99. The van der Waals surface area contributed by atoms with Gasteiger partial charge in [-0.1, -0.05) is 71.1 Å². The Morgan fingerprint density at radius 2 is 1.50 bits per heavy atom. The van der Waals surface area contributed by atoms with Crippen molar-refractivity contribution in [2.75, 3.05) is 13.2 Å². The second kappa shape index (κ2) is 15.9. The minimum absolute atomic E-state index is 0.00000485. The Hall–Kier alpha value is -0.570. The first-order valence-corrected chi connectivity index (χ1v) is 10.6. The van der Waals surface area contributed by atoms with Gasteiger partial charge >= 0.3 is 5.97 Å². The van der Waals surface area contributed by atoms with Crippen LogP contribution in [0.5, 0.6) is 0 Å². The second-order valence-electron chi connectivity index (χ2n) is 7.29. The first-order chi connectivity index (χ1) is 11.8. The van der Waals surface area contributed by atoms with Gasteiger partial charge in [0.1, 0.15) is 6.10 Å². The Morgan fingerprint density at radius 1 is 0.833 bits per heavy atom. The van der Waals surface area contributed by atoms with Gasteiger partial charge in [-0.05, 0) is 25.7 Å². The second-order valence-corrected chi connectivity index (χ2v) is 7.29. The van der Waals surface area contributed by atoms with Crippen molar-refractivity contribution in [3.05, 3.63) is 0 Å². The number of esters is 1. The van der Waals surface area contributed by atoms with E-state index in [2.05, 4.69) is 6.92 Å². The van der Waals surface area contributed by atoms with Crippen molar-refractivity contribution < 1.29 is 14.3 Å². The number of hydrogen-bond donors (Lipinski definition) is 0. The molecule has 0 radical (unpaired) electrons. The summed E-state index contributed by atoms with van der Waals surface area (Å²) in [6, 6.07) is 0. The van der Waals surface area contributed by atoms with Crippen molar-refractivity contribution >= 4 is 5.97 Å². The molecule has 0 saturated carbocycles. The number of carbonyl (C=O) groups excluding carboxylic acids is 1. The average Bonchev–Trinajstić information content (AvgIpc) is 2.59. The number of unbranched alkanes of at least 4 members (excludes halogenated alkanes) is 8. The lowest BCUT2D eigenvalue weighted by Gasteiger charge is -2.19. The van der Waals surface area contributed by atoms with Gasteiger partial charge in [0.25, 0.3) is 0 Å². The van der Waals surface area contributed by atoms with E-state index in [1.807, 2.05) is 0 Å². The summed E-state index contributed by atoms with van der Waals surface area (Å²) in [6.45, 7) is 3.85. The highest BCUT2D eigenvalue weighted by molar-refractivity contribution is 5.69. The molecule has 1 aliphatic rings. The summed E-state index contributed by atoms with van der Waals surface area (Å²) in [5.41, 5.74) is 0. The normalized spacial score (nSPS) is 19.8. The molecule has 0 N–H and O–H groups in total. The van der Waals surface area contributed by atoms with Gasteiger partial charge in [-0.2, -0.15) is 0 Å². The molecule has 0 aromatic carbocycles. The summed E-state index contributed by atoms with van der Waals surface area (Å²) in [4.78, 5) is 12.0. The molecule has 0 aliphatic carbocycles. The first-order valence-electron chi connectivity index (χ1n) is 10.6. The lowest BCUT2D eigenvalue weighted by molar-refractivity contribution is -0.150. The third-order valence-corrected chi connectivity index (χ3v) is 4.93. The zero-order valence-electron chi connectivity index (χ0n) is 16.0. The molecule has 142 valence electrons. The molecule has 0 spiro atoms. The summed E-state index contributed by atoms with van der Waals surface area (Å²) >= 11 is 0. The van der Waals surface area contributed by atoms with Gasteiger partial charge in [-0.15, -0.1) is 0 Å². The molecule has 3 nitrogen and oxygen atoms in total. The van der Waals surface area contributed by atoms with Gasteiger partial charge in [0.15, 0.2) is 0 Å². The first kappa shape index (κ1) is 21.5. The highest BCUT2D eigenvalue weighted by Crippen LogP contribution is 2.16. The predicted octanol–water partition coefficient (Wildman–Crippen LogP) is 6.19. The minimum Gasteiger partial charge on any atom is -0.462 e. The number of rotatable bonds is 11. The number of ether oxygens (including phenoxy) is 2. The molecule has 24 heavy (non-hydrogen) atoms. The number of carbonyl (C=O) groups is 1. The third kappa shape index (κ3) is 12.8. The van der Waals surface area contributed by atoms with Crippen LogP contribution in [-0.2, 0) is 14.3 Å². The summed E-state index contributed by atoms with van der Waals surface area (Å²) in [5.74, 6) is 0.00000485. The van der Waals surface area contributed by atoms with Crippen LogP contribution in [0.25, 0.3) is 0 Å². The van der Waals surface area contributed by atoms with Crippen molar-refractivity contribution in [1.29, 1.82) is 0 Å². The number of hydrogen-bond acceptors (Lipinski definition) is 3. The molecule has 3 heteroatoms. The summed E-state index contributed by atoms with van der Waals surface area (Å²) in [5, 5.41) is 0. The van der Waals surface area contributed by atoms with Crippen LogP contribution in [-0.4, -0.2) is 25.3 Å². The van der Waals surface area contributed by atoms with Crippen LogP contribution in [0.2, 0.25) is 0 Å². The molecule has 0 aromatic heterocycles. The van der Waals surface area contributed by atoms with Gasteiger partial charge in [0, 0.05) is 19.4 Å². The average molecular weight is 341 g/mol. The highest BCUT2D eigenvalue weighted by Gasteiger charge is 2.15. The fraction of sp³-hybridized carbons (Fsp3) is 0.952. The van der Waals surface area contributed by atoms with Gasteiger partial charge in [0.2, 0.25) is 0 Å². The topological polar surface area (TPSA) is 35.5 Å². The maximum atomic E-state index is 12.0. The van der Waals surface area contributed by atoms with Crippen LogP contribution in [0.4, 0.5) is 0 Å². The minimum atomic E-state index is 0.00000485. The predicted molar refractivity (Wildman–Crippen MR) is 100 cm³/mol. The van der Waals surface area contributed by atoms with E-state index in [9.17, 15) is 4.79 Å². The third-order valence-electron chi connectivity index (χ3n) is 4.93. The lowest BCUT2D eigenvalue weighted by atomic mass is 10.1. The maximum absolute atomic E-state index is 12.0. The Bertz CT molecular complexity index is 281. The van der Waals surface area contributed by atoms with Crippen molar-refractivity contribution in [2.24, 2.45) is 0 Å². The van der Waals surface area contributed by atoms with Crippen LogP contribution < -0.4 is 0 Å². The summed E-state index contributed by atoms with van der Waals surface area (Å²) < 4.78 is 11.3. The molecule has 1 unspecified atom stereocenters. The molecule has 1 rings (SSSR count). The molecule has 1 saturated heterocycles. The monoisotopic (exact) mass is 340 g/mol. The van der Waals surface area contributed by atoms with Crippen LogP contribution >= 0.6 is 0 Å². The van der Waals surface area contributed by atoms with E-state index in [0.717, 1.165) is 38.9 Å². The lowest BCUT2D eigenvalue weighted by Crippen LogP contribution is -2.21. The summed E-state index contributed by atoms with van der Waals surface area (Å²) in [6.07, 6.45) is 18.9. The molecule has 1 atom stereocenters. The van der Waals surface area contributed by atoms with Gasteiger partial charge < -0.3 is 9.47 Å². The zero-order valence-corrected chi connectivity index (χ0v) is 16.0. The molecule has 0 amide bonds. The largest absolute Gasteiger partial charge is 0.462 e. The zero-order chi connectivity index (χ0) is 17.3. The van der Waals surface area contributed by atoms with E-state index in [1.54, 1.807) is 0 Å².